The fourth-order valence-corrected chi connectivity index (χ4v) is 1.43. The highest BCUT2D eigenvalue weighted by molar-refractivity contribution is 5.97. The third kappa shape index (κ3) is 2.37. The van der Waals surface area contributed by atoms with Crippen molar-refractivity contribution in [2.24, 2.45) is 0 Å². The average Bonchev–Trinajstić information content (AvgIpc) is 2.35. The van der Waals surface area contributed by atoms with Gasteiger partial charge < -0.3 is 4.42 Å². The summed E-state index contributed by atoms with van der Waals surface area (Å²) in [5.41, 5.74) is 3.69. The maximum Gasteiger partial charge on any atom is 0.349 e. The van der Waals surface area contributed by atoms with Crippen molar-refractivity contribution in [1.82, 2.24) is 10.9 Å². The van der Waals surface area contributed by atoms with Crippen LogP contribution in [0.5, 0.6) is 0 Å². The van der Waals surface area contributed by atoms with Gasteiger partial charge in [0, 0.05) is 12.3 Å². The first kappa shape index (κ1) is 11.8. The number of amides is 2. The van der Waals surface area contributed by atoms with E-state index in [-0.39, 0.29) is 5.56 Å². The van der Waals surface area contributed by atoms with Gasteiger partial charge in [-0.1, -0.05) is 18.2 Å². The molecule has 2 rings (SSSR count). The molecule has 0 radical (unpaired) electrons. The number of carbonyl (C=O) groups excluding carboxylic acids is 2. The molecule has 6 nitrogen and oxygen atoms in total. The van der Waals surface area contributed by atoms with E-state index in [2.05, 4.69) is 10.9 Å². The number of nitrogens with one attached hydrogen (secondary N) is 2. The van der Waals surface area contributed by atoms with Gasteiger partial charge in [-0.15, -0.1) is 0 Å². The van der Waals surface area contributed by atoms with E-state index in [0.29, 0.717) is 11.0 Å². The van der Waals surface area contributed by atoms with Gasteiger partial charge >= 0.3 is 5.63 Å². The van der Waals surface area contributed by atoms with Gasteiger partial charge in [0.05, 0.1) is 0 Å². The van der Waals surface area contributed by atoms with E-state index < -0.39 is 17.4 Å². The molecule has 0 aliphatic heterocycles. The van der Waals surface area contributed by atoms with E-state index >= 15 is 0 Å². The van der Waals surface area contributed by atoms with Gasteiger partial charge in [0.25, 0.3) is 5.91 Å². The monoisotopic (exact) mass is 246 g/mol. The van der Waals surface area contributed by atoms with Crippen molar-refractivity contribution in [3.05, 3.63) is 46.3 Å². The lowest BCUT2D eigenvalue weighted by atomic mass is 10.2. The first-order valence-corrected chi connectivity index (χ1v) is 5.18. The Morgan fingerprint density at radius 2 is 1.89 bits per heavy atom. The smallest absolute Gasteiger partial charge is 0.349 e. The fraction of sp³-hybridized carbons (Fsp3) is 0.0833. The number of carbonyl (C=O) groups is 2. The molecule has 0 aliphatic rings. The van der Waals surface area contributed by atoms with Crippen LogP contribution in [-0.2, 0) is 4.79 Å². The van der Waals surface area contributed by atoms with Gasteiger partial charge in [-0.3, -0.25) is 20.4 Å². The van der Waals surface area contributed by atoms with Gasteiger partial charge in [-0.05, 0) is 12.1 Å². The van der Waals surface area contributed by atoms with Gasteiger partial charge in [0.1, 0.15) is 11.1 Å². The highest BCUT2D eigenvalue weighted by Crippen LogP contribution is 2.12. The van der Waals surface area contributed by atoms with E-state index in [0.717, 1.165) is 0 Å². The number of fused-ring (bicyclic) bond motifs is 1. The maximum absolute atomic E-state index is 11.6. The van der Waals surface area contributed by atoms with Crippen molar-refractivity contribution >= 4 is 22.8 Å². The third-order valence-corrected chi connectivity index (χ3v) is 2.24. The molecule has 2 amide bonds. The van der Waals surface area contributed by atoms with Crippen molar-refractivity contribution in [1.29, 1.82) is 0 Å². The standard InChI is InChI=1S/C12H10N2O4/c1-7(15)13-14-11(16)9-6-8-4-2-3-5-10(8)18-12(9)17/h2-6H,1H3,(H,13,15)(H,14,16). The van der Waals surface area contributed by atoms with Crippen LogP contribution in [0.25, 0.3) is 11.0 Å². The predicted octanol–water partition coefficient (Wildman–Crippen LogP) is 0.574. The van der Waals surface area contributed by atoms with Crippen molar-refractivity contribution in [3.8, 4) is 0 Å². The van der Waals surface area contributed by atoms with Crippen molar-refractivity contribution in [2.75, 3.05) is 0 Å². The summed E-state index contributed by atoms with van der Waals surface area (Å²) in [6.45, 7) is 1.24. The van der Waals surface area contributed by atoms with Crippen LogP contribution >= 0.6 is 0 Å². The summed E-state index contributed by atoms with van der Waals surface area (Å²) in [5.74, 6) is -1.15. The maximum atomic E-state index is 11.6. The molecule has 6 heteroatoms. The van der Waals surface area contributed by atoms with Gasteiger partial charge in [-0.2, -0.15) is 0 Å². The van der Waals surface area contributed by atoms with E-state index in [9.17, 15) is 14.4 Å². The Labute approximate surface area is 102 Å². The van der Waals surface area contributed by atoms with Gasteiger partial charge in [0.15, 0.2) is 0 Å². The molecule has 0 unspecified atom stereocenters. The van der Waals surface area contributed by atoms with Crippen molar-refractivity contribution in [3.63, 3.8) is 0 Å². The second-order valence-electron chi connectivity index (χ2n) is 3.62. The molecule has 2 N–H and O–H groups in total. The molecule has 0 atom stereocenters. The van der Waals surface area contributed by atoms with Crippen LogP contribution in [0.15, 0.2) is 39.5 Å². The highest BCUT2D eigenvalue weighted by Gasteiger charge is 2.13. The Kier molecular flexibility index (Phi) is 3.09. The molecule has 0 fully saturated rings. The molecule has 1 aromatic carbocycles. The summed E-state index contributed by atoms with van der Waals surface area (Å²) in [4.78, 5) is 33.9. The molecule has 18 heavy (non-hydrogen) atoms. The Bertz CT molecular complexity index is 675. The SMILES string of the molecule is CC(=O)NNC(=O)c1cc2ccccc2oc1=O. The first-order valence-electron chi connectivity index (χ1n) is 5.18. The molecule has 0 bridgehead atoms. The van der Waals surface area contributed by atoms with Crippen molar-refractivity contribution < 1.29 is 14.0 Å². The summed E-state index contributed by atoms with van der Waals surface area (Å²) in [6.07, 6.45) is 0. The minimum Gasteiger partial charge on any atom is -0.422 e. The average molecular weight is 246 g/mol. The number of benzene rings is 1. The largest absolute Gasteiger partial charge is 0.422 e. The number of rotatable bonds is 1. The van der Waals surface area contributed by atoms with Gasteiger partial charge in [-0.25, -0.2) is 4.79 Å². The second kappa shape index (κ2) is 4.70. The Morgan fingerprint density at radius 1 is 1.17 bits per heavy atom. The van der Waals surface area contributed by atoms with Crippen LogP contribution in [0.1, 0.15) is 17.3 Å². The third-order valence-electron chi connectivity index (χ3n) is 2.24. The van der Waals surface area contributed by atoms with E-state index in [1.807, 2.05) is 0 Å². The molecule has 0 aliphatic carbocycles. The summed E-state index contributed by atoms with van der Waals surface area (Å²) < 4.78 is 4.99. The van der Waals surface area contributed by atoms with Crippen molar-refractivity contribution in [2.45, 2.75) is 6.92 Å². The van der Waals surface area contributed by atoms with Crippen LogP contribution in [0.2, 0.25) is 0 Å². The van der Waals surface area contributed by atoms with Crippen LogP contribution < -0.4 is 16.5 Å². The molecule has 2 aromatic rings. The molecular weight excluding hydrogens is 236 g/mol. The zero-order valence-electron chi connectivity index (χ0n) is 9.52. The Hall–Kier alpha value is -2.63. The molecule has 0 saturated carbocycles. The molecule has 92 valence electrons. The lowest BCUT2D eigenvalue weighted by Gasteiger charge is -2.04. The molecular formula is C12H10N2O4. The highest BCUT2D eigenvalue weighted by atomic mass is 16.4. The minimum atomic E-state index is -0.753. The molecule has 0 spiro atoms. The minimum absolute atomic E-state index is 0.164. The van der Waals surface area contributed by atoms with E-state index in [4.69, 9.17) is 4.42 Å². The van der Waals surface area contributed by atoms with Gasteiger partial charge in [0.2, 0.25) is 5.91 Å². The fourth-order valence-electron chi connectivity index (χ4n) is 1.43. The van der Waals surface area contributed by atoms with Crippen LogP contribution in [-0.4, -0.2) is 11.8 Å². The van der Waals surface area contributed by atoms with Crippen LogP contribution in [0.3, 0.4) is 0 Å². The summed E-state index contributed by atoms with van der Waals surface area (Å²) in [7, 11) is 0. The molecule has 1 aromatic heterocycles. The number of para-hydroxylation sites is 1. The normalized spacial score (nSPS) is 10.1. The predicted molar refractivity (Wildman–Crippen MR) is 63.8 cm³/mol. The number of hydrogen-bond acceptors (Lipinski definition) is 4. The quantitative estimate of drug-likeness (QED) is 0.569. The number of hydrazine groups is 1. The molecule has 1 heterocycles. The first-order chi connectivity index (χ1) is 8.58. The molecule has 0 saturated heterocycles. The zero-order valence-corrected chi connectivity index (χ0v) is 9.52. The summed E-state index contributed by atoms with van der Waals surface area (Å²) >= 11 is 0. The summed E-state index contributed by atoms with van der Waals surface area (Å²) in [6, 6.07) is 8.25. The number of hydrogen-bond donors (Lipinski definition) is 2. The zero-order chi connectivity index (χ0) is 13.1. The van der Waals surface area contributed by atoms with E-state index in [1.165, 1.54) is 13.0 Å². The Morgan fingerprint density at radius 3 is 2.61 bits per heavy atom. The lowest BCUT2D eigenvalue weighted by molar-refractivity contribution is -0.119. The Balaban J connectivity index is 2.38. The topological polar surface area (TPSA) is 88.4 Å². The lowest BCUT2D eigenvalue weighted by Crippen LogP contribution is -2.41. The van der Waals surface area contributed by atoms with E-state index in [1.54, 1.807) is 24.3 Å². The summed E-state index contributed by atoms with van der Waals surface area (Å²) in [5, 5.41) is 0.630. The second-order valence-corrected chi connectivity index (χ2v) is 3.62. The van der Waals surface area contributed by atoms with Crippen LogP contribution in [0, 0.1) is 0 Å². The van der Waals surface area contributed by atoms with Crippen LogP contribution in [0.4, 0.5) is 0 Å².